The minimum Gasteiger partial charge on any atom is -0.467 e. The number of benzene rings is 1. The fraction of sp³-hybridized carbons (Fsp3) is 0.429. The fourth-order valence-electron chi connectivity index (χ4n) is 3.14. The van der Waals surface area contributed by atoms with E-state index in [2.05, 4.69) is 15.9 Å². The van der Waals surface area contributed by atoms with Crippen molar-refractivity contribution in [3.05, 3.63) is 46.0 Å². The molecule has 0 spiro atoms. The van der Waals surface area contributed by atoms with Crippen LogP contribution in [0.25, 0.3) is 0 Å². The van der Waals surface area contributed by atoms with Gasteiger partial charge in [-0.25, -0.2) is 4.79 Å². The van der Waals surface area contributed by atoms with Crippen LogP contribution in [0, 0.1) is 23.2 Å². The fourth-order valence-corrected chi connectivity index (χ4v) is 3.40. The Kier molecular flexibility index (Phi) is 7.53. The molecule has 1 fully saturated rings. The van der Waals surface area contributed by atoms with E-state index in [1.807, 2.05) is 38.1 Å². The highest BCUT2D eigenvalue weighted by atomic mass is 79.9. The van der Waals surface area contributed by atoms with Crippen LogP contribution in [0.5, 0.6) is 0 Å². The average Bonchev–Trinajstić information content (AvgIpc) is 2.67. The number of nitrogens with zero attached hydrogens (tertiary/aromatic N) is 2. The molecule has 0 saturated carbocycles. The maximum absolute atomic E-state index is 12.7. The summed E-state index contributed by atoms with van der Waals surface area (Å²) in [4.78, 5) is 38.9. The van der Waals surface area contributed by atoms with Gasteiger partial charge in [-0.3, -0.25) is 9.59 Å². The highest BCUT2D eigenvalue weighted by Gasteiger charge is 2.43. The molecule has 1 heterocycles. The largest absolute Gasteiger partial charge is 0.467 e. The van der Waals surface area contributed by atoms with Crippen molar-refractivity contribution >= 4 is 33.6 Å². The summed E-state index contributed by atoms with van der Waals surface area (Å²) in [6.07, 6.45) is 2.62. The van der Waals surface area contributed by atoms with E-state index in [4.69, 9.17) is 4.74 Å². The molecule has 148 valence electrons. The van der Waals surface area contributed by atoms with Crippen molar-refractivity contribution in [1.29, 1.82) is 5.26 Å². The number of ketones is 1. The van der Waals surface area contributed by atoms with Crippen LogP contribution in [0.15, 0.2) is 40.4 Å². The first kappa shape index (κ1) is 21.8. The molecule has 2 unspecified atom stereocenters. The van der Waals surface area contributed by atoms with Crippen LogP contribution in [0.3, 0.4) is 0 Å². The summed E-state index contributed by atoms with van der Waals surface area (Å²) in [6, 6.07) is 8.63. The van der Waals surface area contributed by atoms with Crippen LogP contribution < -0.4 is 0 Å². The van der Waals surface area contributed by atoms with Crippen LogP contribution in [0.4, 0.5) is 0 Å². The molecule has 1 amide bonds. The summed E-state index contributed by atoms with van der Waals surface area (Å²) in [6.45, 7) is 3.86. The second kappa shape index (κ2) is 9.65. The minimum absolute atomic E-state index is 0.00113. The normalized spacial score (nSPS) is 19.6. The Morgan fingerprint density at radius 2 is 2.00 bits per heavy atom. The number of Topliss-reactive ketones (excluding diaryl/α,β-unsaturated/α-hetero) is 1. The molecule has 28 heavy (non-hydrogen) atoms. The van der Waals surface area contributed by atoms with Crippen molar-refractivity contribution in [2.75, 3.05) is 13.7 Å². The number of hydrogen-bond donors (Lipinski definition) is 0. The quantitative estimate of drug-likeness (QED) is 0.380. The molecule has 2 rings (SSSR count). The van der Waals surface area contributed by atoms with Crippen molar-refractivity contribution in [2.45, 2.75) is 32.7 Å². The molecule has 0 aromatic heterocycles. The van der Waals surface area contributed by atoms with Crippen LogP contribution in [-0.4, -0.2) is 42.3 Å². The van der Waals surface area contributed by atoms with Crippen molar-refractivity contribution in [1.82, 2.24) is 4.90 Å². The Bertz CT molecular complexity index is 824. The van der Waals surface area contributed by atoms with Gasteiger partial charge in [0.1, 0.15) is 6.04 Å². The number of ether oxygens (including phenoxy) is 1. The lowest BCUT2D eigenvalue weighted by molar-refractivity contribution is -0.156. The van der Waals surface area contributed by atoms with E-state index < -0.39 is 29.6 Å². The van der Waals surface area contributed by atoms with Crippen LogP contribution in [-0.2, 0) is 25.5 Å². The predicted octanol–water partition coefficient (Wildman–Crippen LogP) is 3.06. The van der Waals surface area contributed by atoms with Gasteiger partial charge in [0.2, 0.25) is 5.91 Å². The Labute approximate surface area is 173 Å². The van der Waals surface area contributed by atoms with E-state index in [1.165, 1.54) is 12.0 Å². The Balaban J connectivity index is 2.33. The molecule has 0 bridgehead atoms. The number of carbonyl (C=O) groups excluding carboxylic acids is 3. The number of methoxy groups -OCH3 is 1. The molecule has 0 aliphatic carbocycles. The highest BCUT2D eigenvalue weighted by Crippen LogP contribution is 2.25. The second-order valence-electron chi connectivity index (χ2n) is 7.12. The number of carbonyl (C=O) groups is 3. The number of allylic oxidation sites excluding steroid dienone is 1. The van der Waals surface area contributed by atoms with E-state index in [9.17, 15) is 19.6 Å². The number of halogens is 1. The number of hydrogen-bond acceptors (Lipinski definition) is 5. The lowest BCUT2D eigenvalue weighted by Crippen LogP contribution is -2.54. The zero-order chi connectivity index (χ0) is 20.8. The van der Waals surface area contributed by atoms with E-state index in [0.29, 0.717) is 18.4 Å². The van der Waals surface area contributed by atoms with E-state index in [0.717, 1.165) is 10.0 Å². The van der Waals surface area contributed by atoms with Crippen molar-refractivity contribution in [3.63, 3.8) is 0 Å². The molecule has 1 saturated heterocycles. The van der Waals surface area contributed by atoms with Crippen LogP contribution >= 0.6 is 15.9 Å². The smallest absolute Gasteiger partial charge is 0.328 e. The van der Waals surface area contributed by atoms with E-state index in [-0.39, 0.29) is 12.5 Å². The molecule has 6 nitrogen and oxygen atoms in total. The summed E-state index contributed by atoms with van der Waals surface area (Å²) in [5, 5.41) is 9.38. The molecular weight excluding hydrogens is 424 g/mol. The van der Waals surface area contributed by atoms with Gasteiger partial charge >= 0.3 is 5.97 Å². The van der Waals surface area contributed by atoms with Crippen LogP contribution in [0.2, 0.25) is 0 Å². The van der Waals surface area contributed by atoms with Gasteiger partial charge in [0, 0.05) is 16.6 Å². The number of piperidine rings is 1. The molecule has 0 radical (unpaired) electrons. The minimum atomic E-state index is -1.43. The van der Waals surface area contributed by atoms with Gasteiger partial charge < -0.3 is 9.64 Å². The third kappa shape index (κ3) is 5.08. The predicted molar refractivity (Wildman–Crippen MR) is 107 cm³/mol. The maximum Gasteiger partial charge on any atom is 0.328 e. The van der Waals surface area contributed by atoms with Gasteiger partial charge in [-0.1, -0.05) is 48.0 Å². The number of amides is 1. The SMILES string of the molecule is COC(=O)C(CC(C)C)N1C/C(=C\Cc2ccc(Br)cc2)C(=O)C(C#N)C1=O. The summed E-state index contributed by atoms with van der Waals surface area (Å²) in [5.74, 6) is -2.96. The van der Waals surface area contributed by atoms with Gasteiger partial charge in [-0.05, 0) is 36.5 Å². The number of rotatable bonds is 6. The summed E-state index contributed by atoms with van der Waals surface area (Å²) >= 11 is 3.38. The van der Waals surface area contributed by atoms with E-state index >= 15 is 0 Å². The summed E-state index contributed by atoms with van der Waals surface area (Å²) in [5.41, 5.74) is 1.36. The van der Waals surface area contributed by atoms with Crippen LogP contribution in [0.1, 0.15) is 25.8 Å². The maximum atomic E-state index is 12.7. The first-order valence-corrected chi connectivity index (χ1v) is 9.83. The first-order chi connectivity index (χ1) is 13.3. The zero-order valence-corrected chi connectivity index (χ0v) is 17.7. The zero-order valence-electron chi connectivity index (χ0n) is 16.1. The molecule has 1 aromatic carbocycles. The number of likely N-dealkylation sites (tertiary alicyclic amines) is 1. The Morgan fingerprint density at radius 3 is 2.54 bits per heavy atom. The standard InChI is InChI=1S/C21H23BrN2O4/c1-13(2)10-18(21(27)28-3)24-12-15(19(25)17(11-23)20(24)26)7-4-14-5-8-16(22)9-6-14/h5-9,13,17-18H,4,10,12H2,1-3H3/b15-7+. The van der Waals surface area contributed by atoms with Gasteiger partial charge in [0.05, 0.1) is 13.2 Å². The molecular formula is C21H23BrN2O4. The average molecular weight is 447 g/mol. The Hall–Kier alpha value is -2.46. The monoisotopic (exact) mass is 446 g/mol. The summed E-state index contributed by atoms with van der Waals surface area (Å²) in [7, 11) is 1.27. The van der Waals surface area contributed by atoms with Gasteiger partial charge in [0.25, 0.3) is 0 Å². The lowest BCUT2D eigenvalue weighted by Gasteiger charge is -2.36. The topological polar surface area (TPSA) is 87.5 Å². The number of esters is 1. The summed E-state index contributed by atoms with van der Waals surface area (Å²) < 4.78 is 5.81. The van der Waals surface area contributed by atoms with Crippen molar-refractivity contribution in [2.24, 2.45) is 11.8 Å². The van der Waals surface area contributed by atoms with Gasteiger partial charge in [0.15, 0.2) is 11.7 Å². The molecule has 7 heteroatoms. The van der Waals surface area contributed by atoms with Crippen molar-refractivity contribution < 1.29 is 19.1 Å². The molecule has 1 aliphatic rings. The van der Waals surface area contributed by atoms with Crippen molar-refractivity contribution in [3.8, 4) is 6.07 Å². The number of nitriles is 1. The Morgan fingerprint density at radius 1 is 1.36 bits per heavy atom. The third-order valence-electron chi connectivity index (χ3n) is 4.62. The first-order valence-electron chi connectivity index (χ1n) is 9.04. The second-order valence-corrected chi connectivity index (χ2v) is 8.04. The molecule has 1 aromatic rings. The van der Waals surface area contributed by atoms with Gasteiger partial charge in [-0.15, -0.1) is 0 Å². The van der Waals surface area contributed by atoms with Gasteiger partial charge in [-0.2, -0.15) is 5.26 Å². The lowest BCUT2D eigenvalue weighted by atomic mass is 9.89. The molecule has 1 aliphatic heterocycles. The highest BCUT2D eigenvalue weighted by molar-refractivity contribution is 9.10. The molecule has 0 N–H and O–H groups in total. The van der Waals surface area contributed by atoms with E-state index in [1.54, 1.807) is 12.1 Å². The third-order valence-corrected chi connectivity index (χ3v) is 5.15. The molecule has 2 atom stereocenters.